The quantitative estimate of drug-likeness (QED) is 0.743. The van der Waals surface area contributed by atoms with Gasteiger partial charge in [0.15, 0.2) is 0 Å². The van der Waals surface area contributed by atoms with Crippen LogP contribution in [0.3, 0.4) is 0 Å². The van der Waals surface area contributed by atoms with Gasteiger partial charge in [-0.1, -0.05) is 6.92 Å². The van der Waals surface area contributed by atoms with Crippen LogP contribution >= 0.6 is 0 Å². The fraction of sp³-hybridized carbons (Fsp3) is 0.562. The summed E-state index contributed by atoms with van der Waals surface area (Å²) >= 11 is 0. The van der Waals surface area contributed by atoms with Crippen molar-refractivity contribution in [2.75, 3.05) is 37.7 Å². The van der Waals surface area contributed by atoms with Crippen molar-refractivity contribution in [2.24, 2.45) is 5.41 Å². The Hall–Kier alpha value is -1.75. The lowest BCUT2D eigenvalue weighted by Crippen LogP contribution is -2.40. The topological polar surface area (TPSA) is 78.6 Å². The average molecular weight is 291 g/mol. The Bertz CT molecular complexity index is 535. The molecular formula is C16H25N3O2. The standard InChI is InChI=1S/C16H25N3O2/c1-11-8-12(9-13(14(11)17)15(20)21)18-10-16(2)4-6-19(3)7-5-16/h8-9,18H,4-7,10,17H2,1-3H3,(H,20,21). The van der Waals surface area contributed by atoms with Crippen molar-refractivity contribution in [1.82, 2.24) is 4.90 Å². The molecule has 2 rings (SSSR count). The Labute approximate surface area is 126 Å². The van der Waals surface area contributed by atoms with E-state index in [2.05, 4.69) is 24.2 Å². The van der Waals surface area contributed by atoms with E-state index in [1.807, 2.05) is 13.0 Å². The van der Waals surface area contributed by atoms with Crippen LogP contribution in [0.15, 0.2) is 12.1 Å². The summed E-state index contributed by atoms with van der Waals surface area (Å²) in [6, 6.07) is 3.54. The molecule has 1 aromatic rings. The summed E-state index contributed by atoms with van der Waals surface area (Å²) in [5.41, 5.74) is 8.22. The monoisotopic (exact) mass is 291 g/mol. The highest BCUT2D eigenvalue weighted by Gasteiger charge is 2.28. The van der Waals surface area contributed by atoms with E-state index in [-0.39, 0.29) is 11.0 Å². The molecule has 5 nitrogen and oxygen atoms in total. The fourth-order valence-corrected chi connectivity index (χ4v) is 2.73. The molecule has 1 aromatic carbocycles. The second-order valence-corrected chi connectivity index (χ2v) is 6.53. The second-order valence-electron chi connectivity index (χ2n) is 6.53. The summed E-state index contributed by atoms with van der Waals surface area (Å²) in [5.74, 6) is -0.982. The highest BCUT2D eigenvalue weighted by Crippen LogP contribution is 2.31. The molecule has 1 saturated heterocycles. The van der Waals surface area contributed by atoms with E-state index in [4.69, 9.17) is 5.73 Å². The maximum absolute atomic E-state index is 11.2. The molecular weight excluding hydrogens is 266 g/mol. The number of hydrogen-bond acceptors (Lipinski definition) is 4. The molecule has 0 aliphatic carbocycles. The van der Waals surface area contributed by atoms with Gasteiger partial charge in [0.2, 0.25) is 0 Å². The summed E-state index contributed by atoms with van der Waals surface area (Å²) in [7, 11) is 2.15. The third-order valence-corrected chi connectivity index (χ3v) is 4.53. The summed E-state index contributed by atoms with van der Waals surface area (Å²) in [5, 5.41) is 12.6. The Kier molecular flexibility index (Phi) is 4.42. The van der Waals surface area contributed by atoms with E-state index < -0.39 is 5.97 Å². The van der Waals surface area contributed by atoms with Crippen LogP contribution in [-0.2, 0) is 0 Å². The molecule has 1 heterocycles. The molecule has 1 fully saturated rings. The molecule has 0 amide bonds. The van der Waals surface area contributed by atoms with Crippen molar-refractivity contribution in [3.05, 3.63) is 23.3 Å². The smallest absolute Gasteiger partial charge is 0.337 e. The minimum atomic E-state index is -0.982. The lowest BCUT2D eigenvalue weighted by Gasteiger charge is -2.38. The third kappa shape index (κ3) is 3.67. The van der Waals surface area contributed by atoms with E-state index in [0.29, 0.717) is 5.69 Å². The van der Waals surface area contributed by atoms with Gasteiger partial charge >= 0.3 is 5.97 Å². The van der Waals surface area contributed by atoms with Crippen molar-refractivity contribution in [1.29, 1.82) is 0 Å². The Morgan fingerprint density at radius 2 is 2.05 bits per heavy atom. The Balaban J connectivity index is 2.08. The van der Waals surface area contributed by atoms with Gasteiger partial charge in [0.1, 0.15) is 0 Å². The Morgan fingerprint density at radius 1 is 1.43 bits per heavy atom. The first kappa shape index (κ1) is 15.6. The van der Waals surface area contributed by atoms with Crippen LogP contribution in [0.25, 0.3) is 0 Å². The highest BCUT2D eigenvalue weighted by molar-refractivity contribution is 5.95. The van der Waals surface area contributed by atoms with Crippen molar-refractivity contribution in [2.45, 2.75) is 26.7 Å². The summed E-state index contributed by atoms with van der Waals surface area (Å²) in [6.45, 7) is 7.20. The van der Waals surface area contributed by atoms with Gasteiger partial charge in [-0.2, -0.15) is 0 Å². The van der Waals surface area contributed by atoms with Gasteiger partial charge in [-0.25, -0.2) is 4.79 Å². The van der Waals surface area contributed by atoms with E-state index in [0.717, 1.165) is 43.7 Å². The molecule has 0 saturated carbocycles. The van der Waals surface area contributed by atoms with Crippen LogP contribution in [0.2, 0.25) is 0 Å². The van der Waals surface area contributed by atoms with E-state index >= 15 is 0 Å². The number of carbonyl (C=O) groups is 1. The van der Waals surface area contributed by atoms with Gasteiger partial charge in [0, 0.05) is 17.9 Å². The third-order valence-electron chi connectivity index (χ3n) is 4.53. The number of benzene rings is 1. The number of nitrogen functional groups attached to an aromatic ring is 1. The average Bonchev–Trinajstić information content (AvgIpc) is 2.43. The minimum Gasteiger partial charge on any atom is -0.478 e. The first-order valence-electron chi connectivity index (χ1n) is 7.36. The maximum atomic E-state index is 11.2. The zero-order chi connectivity index (χ0) is 15.6. The predicted octanol–water partition coefficient (Wildman–Crippen LogP) is 2.42. The molecule has 116 valence electrons. The number of aromatic carboxylic acids is 1. The van der Waals surface area contributed by atoms with Crippen molar-refractivity contribution < 1.29 is 9.90 Å². The largest absolute Gasteiger partial charge is 0.478 e. The summed E-state index contributed by atoms with van der Waals surface area (Å²) in [4.78, 5) is 13.6. The molecule has 1 aliphatic rings. The number of carboxylic acid groups (broad SMARTS) is 1. The van der Waals surface area contributed by atoms with Gasteiger partial charge in [-0.3, -0.25) is 0 Å². The fourth-order valence-electron chi connectivity index (χ4n) is 2.73. The van der Waals surface area contributed by atoms with Crippen LogP contribution in [-0.4, -0.2) is 42.7 Å². The number of piperidine rings is 1. The predicted molar refractivity (Wildman–Crippen MR) is 85.9 cm³/mol. The molecule has 0 radical (unpaired) electrons. The van der Waals surface area contributed by atoms with E-state index in [1.165, 1.54) is 0 Å². The van der Waals surface area contributed by atoms with Gasteiger partial charge in [-0.05, 0) is 63.0 Å². The van der Waals surface area contributed by atoms with Crippen LogP contribution in [0.1, 0.15) is 35.7 Å². The highest BCUT2D eigenvalue weighted by atomic mass is 16.4. The van der Waals surface area contributed by atoms with Gasteiger partial charge in [0.05, 0.1) is 5.56 Å². The van der Waals surface area contributed by atoms with Crippen LogP contribution in [0.5, 0.6) is 0 Å². The van der Waals surface area contributed by atoms with Gasteiger partial charge in [-0.15, -0.1) is 0 Å². The molecule has 1 aliphatic heterocycles. The van der Waals surface area contributed by atoms with Gasteiger partial charge < -0.3 is 21.1 Å². The lowest BCUT2D eigenvalue weighted by atomic mass is 9.80. The molecule has 21 heavy (non-hydrogen) atoms. The van der Waals surface area contributed by atoms with Crippen molar-refractivity contribution in [3.8, 4) is 0 Å². The van der Waals surface area contributed by atoms with Crippen LogP contribution in [0.4, 0.5) is 11.4 Å². The number of likely N-dealkylation sites (tertiary alicyclic amines) is 1. The molecule has 0 aromatic heterocycles. The molecule has 0 bridgehead atoms. The van der Waals surface area contributed by atoms with E-state index in [1.54, 1.807) is 6.07 Å². The number of nitrogens with zero attached hydrogens (tertiary/aromatic N) is 1. The summed E-state index contributed by atoms with van der Waals surface area (Å²) in [6.07, 6.45) is 2.30. The van der Waals surface area contributed by atoms with Crippen molar-refractivity contribution in [3.63, 3.8) is 0 Å². The van der Waals surface area contributed by atoms with Crippen LogP contribution < -0.4 is 11.1 Å². The Morgan fingerprint density at radius 3 is 2.62 bits per heavy atom. The van der Waals surface area contributed by atoms with Gasteiger partial charge in [0.25, 0.3) is 0 Å². The lowest BCUT2D eigenvalue weighted by molar-refractivity contribution is 0.0698. The molecule has 0 atom stereocenters. The normalized spacial score (nSPS) is 18.4. The first-order valence-corrected chi connectivity index (χ1v) is 7.36. The number of hydrogen-bond donors (Lipinski definition) is 3. The molecule has 4 N–H and O–H groups in total. The number of rotatable bonds is 4. The SMILES string of the molecule is Cc1cc(NCC2(C)CCN(C)CC2)cc(C(=O)O)c1N. The minimum absolute atomic E-state index is 0.172. The van der Waals surface area contributed by atoms with E-state index in [9.17, 15) is 9.90 Å². The zero-order valence-corrected chi connectivity index (χ0v) is 13.1. The maximum Gasteiger partial charge on any atom is 0.337 e. The number of nitrogens with one attached hydrogen (secondary N) is 1. The van der Waals surface area contributed by atoms with Crippen molar-refractivity contribution >= 4 is 17.3 Å². The molecule has 0 unspecified atom stereocenters. The number of nitrogens with two attached hydrogens (primary N) is 1. The first-order chi connectivity index (χ1) is 9.81. The molecule has 0 spiro atoms. The second kappa shape index (κ2) is 5.93. The number of carboxylic acids is 1. The summed E-state index contributed by atoms with van der Waals surface area (Å²) < 4.78 is 0. The zero-order valence-electron chi connectivity index (χ0n) is 13.1. The number of aryl methyl sites for hydroxylation is 1. The number of anilines is 2. The van der Waals surface area contributed by atoms with Crippen LogP contribution in [0, 0.1) is 12.3 Å². The molecule has 5 heteroatoms.